The number of nitrogens with zero attached hydrogens (tertiary/aromatic N) is 1. The third kappa shape index (κ3) is 3.70. The Hall–Kier alpha value is -1.93. The first-order valence-electron chi connectivity index (χ1n) is 7.38. The van der Waals surface area contributed by atoms with Crippen molar-refractivity contribution in [2.45, 2.75) is 25.2 Å². The third-order valence-electron chi connectivity index (χ3n) is 3.99. The zero-order chi connectivity index (χ0) is 17.2. The van der Waals surface area contributed by atoms with Crippen LogP contribution in [0.15, 0.2) is 29.2 Å². The van der Waals surface area contributed by atoms with E-state index in [1.807, 2.05) is 0 Å². The van der Waals surface area contributed by atoms with Crippen LogP contribution >= 0.6 is 0 Å². The average molecular weight is 340 g/mol. The highest BCUT2D eigenvalue weighted by Gasteiger charge is 2.40. The van der Waals surface area contributed by atoms with E-state index in [0.717, 1.165) is 0 Å². The van der Waals surface area contributed by atoms with Crippen LogP contribution in [0.5, 0.6) is 0 Å². The monoisotopic (exact) mass is 340 g/mol. The Labute approximate surface area is 135 Å². The van der Waals surface area contributed by atoms with Gasteiger partial charge in [0.1, 0.15) is 0 Å². The van der Waals surface area contributed by atoms with Gasteiger partial charge >= 0.3 is 5.97 Å². The van der Waals surface area contributed by atoms with E-state index < -0.39 is 21.9 Å². The maximum absolute atomic E-state index is 12.6. The molecule has 0 radical (unpaired) electrons. The van der Waals surface area contributed by atoms with Crippen molar-refractivity contribution in [2.24, 2.45) is 11.8 Å². The number of aliphatic carboxylic acids is 1. The Bertz CT molecular complexity index is 699. The van der Waals surface area contributed by atoms with Crippen molar-refractivity contribution in [3.8, 4) is 0 Å². The predicted octanol–water partition coefficient (Wildman–Crippen LogP) is 1.38. The zero-order valence-corrected chi connectivity index (χ0v) is 13.8. The number of hydrogen-bond acceptors (Lipinski definition) is 4. The molecule has 1 aliphatic rings. The number of carbonyl (C=O) groups excluding carboxylic acids is 1. The van der Waals surface area contributed by atoms with Crippen LogP contribution in [0.1, 0.15) is 20.3 Å². The number of carboxylic acids is 1. The van der Waals surface area contributed by atoms with Crippen LogP contribution in [0.25, 0.3) is 0 Å². The number of hydrogen-bond donors (Lipinski definition) is 2. The van der Waals surface area contributed by atoms with Crippen molar-refractivity contribution in [1.82, 2.24) is 4.31 Å². The SMILES string of the molecule is CCC(=O)Nc1ccc(S(=O)(=O)N2C[C@@H](C)[C@H](C(=O)O)C2)cc1. The predicted molar refractivity (Wildman–Crippen MR) is 84.4 cm³/mol. The summed E-state index contributed by atoms with van der Waals surface area (Å²) in [4.78, 5) is 22.5. The minimum Gasteiger partial charge on any atom is -0.481 e. The molecule has 0 aromatic heterocycles. The van der Waals surface area contributed by atoms with Gasteiger partial charge < -0.3 is 10.4 Å². The summed E-state index contributed by atoms with van der Waals surface area (Å²) in [5.41, 5.74) is 0.522. The van der Waals surface area contributed by atoms with Crippen LogP contribution in [-0.2, 0) is 19.6 Å². The molecule has 2 atom stereocenters. The van der Waals surface area contributed by atoms with E-state index >= 15 is 0 Å². The van der Waals surface area contributed by atoms with E-state index in [9.17, 15) is 18.0 Å². The van der Waals surface area contributed by atoms with Crippen LogP contribution in [0.4, 0.5) is 5.69 Å². The highest BCUT2D eigenvalue weighted by Crippen LogP contribution is 2.29. The lowest BCUT2D eigenvalue weighted by molar-refractivity contribution is -0.142. The number of amides is 1. The van der Waals surface area contributed by atoms with Gasteiger partial charge in [0, 0.05) is 25.2 Å². The van der Waals surface area contributed by atoms with E-state index in [4.69, 9.17) is 5.11 Å². The van der Waals surface area contributed by atoms with Crippen LogP contribution in [0.3, 0.4) is 0 Å². The summed E-state index contributed by atoms with van der Waals surface area (Å²) in [6.45, 7) is 3.63. The lowest BCUT2D eigenvalue weighted by atomic mass is 9.99. The fourth-order valence-corrected chi connectivity index (χ4v) is 4.12. The lowest BCUT2D eigenvalue weighted by Crippen LogP contribution is -2.30. The van der Waals surface area contributed by atoms with Crippen molar-refractivity contribution in [3.05, 3.63) is 24.3 Å². The first-order valence-corrected chi connectivity index (χ1v) is 8.82. The zero-order valence-electron chi connectivity index (χ0n) is 13.0. The van der Waals surface area contributed by atoms with Gasteiger partial charge in [-0.3, -0.25) is 9.59 Å². The maximum atomic E-state index is 12.6. The maximum Gasteiger partial charge on any atom is 0.308 e. The molecule has 7 nitrogen and oxygen atoms in total. The number of nitrogens with one attached hydrogen (secondary N) is 1. The van der Waals surface area contributed by atoms with E-state index in [1.54, 1.807) is 13.8 Å². The van der Waals surface area contributed by atoms with Crippen LogP contribution < -0.4 is 5.32 Å². The molecule has 0 spiro atoms. The quantitative estimate of drug-likeness (QED) is 0.842. The van der Waals surface area contributed by atoms with E-state index in [0.29, 0.717) is 12.1 Å². The topological polar surface area (TPSA) is 104 Å². The van der Waals surface area contributed by atoms with Gasteiger partial charge in [-0.2, -0.15) is 4.31 Å². The number of carboxylic acid groups (broad SMARTS) is 1. The standard InChI is InChI=1S/C15H20N2O5S/c1-3-14(18)16-11-4-6-12(7-5-11)23(21,22)17-8-10(2)13(9-17)15(19)20/h4-7,10,13H,3,8-9H2,1-2H3,(H,16,18)(H,19,20)/t10-,13-/m1/s1. The van der Waals surface area contributed by atoms with E-state index in [2.05, 4.69) is 5.32 Å². The van der Waals surface area contributed by atoms with Crippen LogP contribution in [0, 0.1) is 11.8 Å². The Balaban J connectivity index is 2.17. The molecule has 126 valence electrons. The highest BCUT2D eigenvalue weighted by atomic mass is 32.2. The molecule has 2 N–H and O–H groups in total. The molecule has 0 unspecified atom stereocenters. The van der Waals surface area contributed by atoms with Crippen LogP contribution in [-0.4, -0.2) is 42.8 Å². The molecule has 1 aromatic carbocycles. The molecule has 1 heterocycles. The molecule has 1 aromatic rings. The van der Waals surface area contributed by atoms with Gasteiger partial charge in [-0.25, -0.2) is 8.42 Å². The molecule has 1 fully saturated rings. The Morgan fingerprint density at radius 1 is 1.26 bits per heavy atom. The van der Waals surface area contributed by atoms with Gasteiger partial charge in [0.15, 0.2) is 0 Å². The number of anilines is 1. The highest BCUT2D eigenvalue weighted by molar-refractivity contribution is 7.89. The fourth-order valence-electron chi connectivity index (χ4n) is 2.55. The molecule has 0 saturated carbocycles. The molecule has 23 heavy (non-hydrogen) atoms. The Morgan fingerprint density at radius 2 is 1.87 bits per heavy atom. The summed E-state index contributed by atoms with van der Waals surface area (Å²) < 4.78 is 26.4. The normalized spacial score (nSPS) is 22.0. The summed E-state index contributed by atoms with van der Waals surface area (Å²) in [5, 5.41) is 11.8. The van der Waals surface area contributed by atoms with Crippen molar-refractivity contribution in [1.29, 1.82) is 0 Å². The molecular weight excluding hydrogens is 320 g/mol. The molecule has 2 rings (SSSR count). The fraction of sp³-hybridized carbons (Fsp3) is 0.467. The Morgan fingerprint density at radius 3 is 2.35 bits per heavy atom. The van der Waals surface area contributed by atoms with Crippen molar-refractivity contribution >= 4 is 27.6 Å². The number of rotatable bonds is 5. The van der Waals surface area contributed by atoms with Crippen molar-refractivity contribution in [2.75, 3.05) is 18.4 Å². The second-order valence-electron chi connectivity index (χ2n) is 5.67. The van der Waals surface area contributed by atoms with Gasteiger partial charge in [-0.1, -0.05) is 13.8 Å². The van der Waals surface area contributed by atoms with Crippen molar-refractivity contribution < 1.29 is 23.1 Å². The summed E-state index contributed by atoms with van der Waals surface area (Å²) in [6, 6.07) is 5.88. The molecule has 0 aliphatic carbocycles. The Kier molecular flexibility index (Phi) is 5.06. The third-order valence-corrected chi connectivity index (χ3v) is 5.84. The second-order valence-corrected chi connectivity index (χ2v) is 7.61. The summed E-state index contributed by atoms with van der Waals surface area (Å²) in [7, 11) is -3.73. The second kappa shape index (κ2) is 6.67. The van der Waals surface area contributed by atoms with Gasteiger partial charge in [0.05, 0.1) is 10.8 Å². The van der Waals surface area contributed by atoms with E-state index in [1.165, 1.54) is 28.6 Å². The minimum atomic E-state index is -3.73. The molecule has 0 bridgehead atoms. The number of carbonyl (C=O) groups is 2. The summed E-state index contributed by atoms with van der Waals surface area (Å²) in [5.74, 6) is -2.05. The number of benzene rings is 1. The molecular formula is C15H20N2O5S. The van der Waals surface area contributed by atoms with Gasteiger partial charge in [0.2, 0.25) is 15.9 Å². The largest absolute Gasteiger partial charge is 0.481 e. The summed E-state index contributed by atoms with van der Waals surface area (Å²) in [6.07, 6.45) is 0.336. The first kappa shape index (κ1) is 17.4. The molecule has 8 heteroatoms. The molecule has 1 saturated heterocycles. The lowest BCUT2D eigenvalue weighted by Gasteiger charge is -2.16. The van der Waals surface area contributed by atoms with Crippen LogP contribution in [0.2, 0.25) is 0 Å². The first-order chi connectivity index (χ1) is 10.8. The minimum absolute atomic E-state index is 0.0207. The van der Waals surface area contributed by atoms with Gasteiger partial charge in [0.25, 0.3) is 0 Å². The van der Waals surface area contributed by atoms with E-state index in [-0.39, 0.29) is 29.8 Å². The van der Waals surface area contributed by atoms with Gasteiger partial charge in [-0.15, -0.1) is 0 Å². The molecule has 1 aliphatic heterocycles. The van der Waals surface area contributed by atoms with Gasteiger partial charge in [-0.05, 0) is 30.2 Å². The smallest absolute Gasteiger partial charge is 0.308 e. The summed E-state index contributed by atoms with van der Waals surface area (Å²) >= 11 is 0. The number of sulfonamides is 1. The van der Waals surface area contributed by atoms with Crippen molar-refractivity contribution in [3.63, 3.8) is 0 Å². The molecule has 1 amide bonds. The average Bonchev–Trinajstić information content (AvgIpc) is 2.90.